The predicted molar refractivity (Wildman–Crippen MR) is 73.2 cm³/mol. The normalized spacial score (nSPS) is 11.0. The van der Waals surface area contributed by atoms with Gasteiger partial charge in [-0.25, -0.2) is 0 Å². The van der Waals surface area contributed by atoms with Crippen LogP contribution >= 0.6 is 56.5 Å². The molecule has 4 heteroatoms. The van der Waals surface area contributed by atoms with Crippen molar-refractivity contribution < 1.29 is 5.11 Å². The maximum atomic E-state index is 9.23. The van der Waals surface area contributed by atoms with Crippen molar-refractivity contribution in [2.45, 2.75) is 6.61 Å². The first kappa shape index (κ1) is 10.1. The van der Waals surface area contributed by atoms with Crippen LogP contribution in [-0.2, 0) is 6.61 Å². The standard InChI is InChI=1S/C9H6I2OS/c10-7-2-1-5-3-8(11)13-9(5)6(7)4-12/h1-3,12H,4H2. The third kappa shape index (κ3) is 1.86. The van der Waals surface area contributed by atoms with Gasteiger partial charge >= 0.3 is 0 Å². The molecule has 0 bridgehead atoms. The SMILES string of the molecule is OCc1c(I)ccc2cc(I)sc12. The first-order chi connectivity index (χ1) is 6.22. The molecule has 1 aromatic heterocycles. The van der Waals surface area contributed by atoms with Crippen LogP contribution < -0.4 is 0 Å². The summed E-state index contributed by atoms with van der Waals surface area (Å²) >= 11 is 6.31. The quantitative estimate of drug-likeness (QED) is 0.705. The Morgan fingerprint density at radius 2 is 2.08 bits per heavy atom. The lowest BCUT2D eigenvalue weighted by molar-refractivity contribution is 0.282. The second-order valence-electron chi connectivity index (χ2n) is 2.65. The molecule has 0 spiro atoms. The molecule has 0 atom stereocenters. The Labute approximate surface area is 107 Å². The smallest absolute Gasteiger partial charge is 0.0706 e. The zero-order chi connectivity index (χ0) is 9.42. The van der Waals surface area contributed by atoms with Crippen LogP contribution in [-0.4, -0.2) is 5.11 Å². The van der Waals surface area contributed by atoms with Crippen LogP contribution in [0.2, 0.25) is 0 Å². The zero-order valence-electron chi connectivity index (χ0n) is 6.55. The fraction of sp³-hybridized carbons (Fsp3) is 0.111. The van der Waals surface area contributed by atoms with Gasteiger partial charge in [-0.05, 0) is 62.7 Å². The molecule has 0 aliphatic carbocycles. The summed E-state index contributed by atoms with van der Waals surface area (Å²) in [5.41, 5.74) is 1.06. The first-order valence-corrected chi connectivity index (χ1v) is 6.67. The number of aliphatic hydroxyl groups excluding tert-OH is 1. The average Bonchev–Trinajstić information content (AvgIpc) is 2.45. The van der Waals surface area contributed by atoms with Crippen molar-refractivity contribution in [1.29, 1.82) is 0 Å². The molecule has 0 aliphatic rings. The molecule has 0 amide bonds. The van der Waals surface area contributed by atoms with Crippen molar-refractivity contribution in [3.05, 3.63) is 30.2 Å². The molecule has 1 N–H and O–H groups in total. The molecule has 0 aliphatic heterocycles. The Balaban J connectivity index is 2.82. The summed E-state index contributed by atoms with van der Waals surface area (Å²) in [4.78, 5) is 0. The maximum absolute atomic E-state index is 9.23. The van der Waals surface area contributed by atoms with Crippen LogP contribution in [0.15, 0.2) is 18.2 Å². The van der Waals surface area contributed by atoms with Gasteiger partial charge in [-0.2, -0.15) is 0 Å². The number of thiophene rings is 1. The molecule has 1 heterocycles. The number of halogens is 2. The number of benzene rings is 1. The summed E-state index contributed by atoms with van der Waals surface area (Å²) in [5, 5.41) is 10.5. The van der Waals surface area contributed by atoms with Gasteiger partial charge < -0.3 is 5.11 Å². The lowest BCUT2D eigenvalue weighted by Gasteiger charge is -2.01. The zero-order valence-corrected chi connectivity index (χ0v) is 11.7. The van der Waals surface area contributed by atoms with E-state index in [0.29, 0.717) is 0 Å². The third-order valence-corrected chi connectivity index (χ3v) is 4.84. The van der Waals surface area contributed by atoms with Gasteiger partial charge in [0.15, 0.2) is 0 Å². The Hall–Kier alpha value is 0.600. The van der Waals surface area contributed by atoms with Crippen LogP contribution in [0.5, 0.6) is 0 Å². The number of rotatable bonds is 1. The highest BCUT2D eigenvalue weighted by molar-refractivity contribution is 14.1. The molecule has 0 saturated carbocycles. The van der Waals surface area contributed by atoms with E-state index in [1.807, 2.05) is 0 Å². The molecule has 0 radical (unpaired) electrons. The minimum Gasteiger partial charge on any atom is -0.392 e. The van der Waals surface area contributed by atoms with Gasteiger partial charge in [0.2, 0.25) is 0 Å². The van der Waals surface area contributed by atoms with Crippen molar-refractivity contribution in [1.82, 2.24) is 0 Å². The molecule has 13 heavy (non-hydrogen) atoms. The second kappa shape index (κ2) is 4.00. The van der Waals surface area contributed by atoms with Gasteiger partial charge in [-0.3, -0.25) is 0 Å². The number of hydrogen-bond acceptors (Lipinski definition) is 2. The molecule has 2 rings (SSSR count). The number of aliphatic hydroxyl groups is 1. The van der Waals surface area contributed by atoms with E-state index in [1.54, 1.807) is 11.3 Å². The lowest BCUT2D eigenvalue weighted by atomic mass is 10.2. The summed E-state index contributed by atoms with van der Waals surface area (Å²) in [5.74, 6) is 0. The Kier molecular flexibility index (Phi) is 3.11. The van der Waals surface area contributed by atoms with E-state index < -0.39 is 0 Å². The van der Waals surface area contributed by atoms with Gasteiger partial charge in [0.1, 0.15) is 0 Å². The maximum Gasteiger partial charge on any atom is 0.0706 e. The fourth-order valence-corrected chi connectivity index (χ4v) is 3.98. The Morgan fingerprint density at radius 3 is 2.77 bits per heavy atom. The third-order valence-electron chi connectivity index (χ3n) is 1.86. The minimum absolute atomic E-state index is 0.131. The monoisotopic (exact) mass is 416 g/mol. The summed E-state index contributed by atoms with van der Waals surface area (Å²) in [6.45, 7) is 0.131. The summed E-state index contributed by atoms with van der Waals surface area (Å²) < 4.78 is 3.63. The molecule has 2 aromatic rings. The lowest BCUT2D eigenvalue weighted by Crippen LogP contribution is -1.87. The van der Waals surface area contributed by atoms with Gasteiger partial charge in [-0.15, -0.1) is 11.3 Å². The van der Waals surface area contributed by atoms with Gasteiger partial charge in [0.05, 0.1) is 9.49 Å². The predicted octanol–water partition coefficient (Wildman–Crippen LogP) is 3.60. The largest absolute Gasteiger partial charge is 0.392 e. The highest BCUT2D eigenvalue weighted by Crippen LogP contribution is 2.32. The summed E-state index contributed by atoms with van der Waals surface area (Å²) in [6, 6.07) is 6.31. The van der Waals surface area contributed by atoms with Gasteiger partial charge in [0, 0.05) is 13.8 Å². The van der Waals surface area contributed by atoms with Crippen molar-refractivity contribution in [3.8, 4) is 0 Å². The Bertz CT molecular complexity index is 450. The fourth-order valence-electron chi connectivity index (χ4n) is 1.25. The topological polar surface area (TPSA) is 20.2 Å². The summed E-state index contributed by atoms with van der Waals surface area (Å²) in [6.07, 6.45) is 0. The molecular weight excluding hydrogens is 410 g/mol. The van der Waals surface area contributed by atoms with E-state index in [0.717, 1.165) is 9.13 Å². The number of fused-ring (bicyclic) bond motifs is 1. The highest BCUT2D eigenvalue weighted by Gasteiger charge is 2.07. The van der Waals surface area contributed by atoms with E-state index in [-0.39, 0.29) is 6.61 Å². The van der Waals surface area contributed by atoms with Crippen molar-refractivity contribution in [2.24, 2.45) is 0 Å². The molecule has 0 saturated heterocycles. The minimum atomic E-state index is 0.131. The Morgan fingerprint density at radius 1 is 1.31 bits per heavy atom. The molecule has 68 valence electrons. The highest BCUT2D eigenvalue weighted by atomic mass is 127. The average molecular weight is 416 g/mol. The molecule has 1 nitrogen and oxygen atoms in total. The van der Waals surface area contributed by atoms with Crippen LogP contribution in [0.1, 0.15) is 5.56 Å². The van der Waals surface area contributed by atoms with E-state index in [1.165, 1.54) is 13.0 Å². The molecule has 0 fully saturated rings. The van der Waals surface area contributed by atoms with Gasteiger partial charge in [0.25, 0.3) is 0 Å². The first-order valence-electron chi connectivity index (χ1n) is 3.69. The number of hydrogen-bond donors (Lipinski definition) is 1. The molecule has 0 unspecified atom stereocenters. The van der Waals surface area contributed by atoms with Crippen LogP contribution in [0.3, 0.4) is 0 Å². The van der Waals surface area contributed by atoms with Crippen LogP contribution in [0.4, 0.5) is 0 Å². The van der Waals surface area contributed by atoms with Crippen molar-refractivity contribution in [3.63, 3.8) is 0 Å². The van der Waals surface area contributed by atoms with Crippen LogP contribution in [0.25, 0.3) is 10.1 Å². The van der Waals surface area contributed by atoms with Crippen molar-refractivity contribution in [2.75, 3.05) is 0 Å². The molecular formula is C9H6I2OS. The summed E-state index contributed by atoms with van der Waals surface area (Å²) in [7, 11) is 0. The van der Waals surface area contributed by atoms with Crippen molar-refractivity contribution >= 4 is 66.6 Å². The van der Waals surface area contributed by atoms with E-state index >= 15 is 0 Å². The van der Waals surface area contributed by atoms with E-state index in [4.69, 9.17) is 0 Å². The second-order valence-corrected chi connectivity index (χ2v) is 6.76. The molecule has 1 aromatic carbocycles. The van der Waals surface area contributed by atoms with E-state index in [2.05, 4.69) is 63.4 Å². The van der Waals surface area contributed by atoms with Crippen LogP contribution in [0, 0.1) is 6.45 Å². The van der Waals surface area contributed by atoms with Gasteiger partial charge in [-0.1, -0.05) is 6.07 Å². The van der Waals surface area contributed by atoms with E-state index in [9.17, 15) is 5.11 Å².